The molecular weight excluding hydrogens is 230 g/mol. The average Bonchev–Trinajstić information content (AvgIpc) is 2.33. The predicted molar refractivity (Wildman–Crippen MR) is 59.9 cm³/mol. The maximum atomic E-state index is 11.0. The topological polar surface area (TPSA) is 100 Å². The zero-order chi connectivity index (χ0) is 13.4. The lowest BCUT2D eigenvalue weighted by molar-refractivity contribution is -0.176. The van der Waals surface area contributed by atoms with Gasteiger partial charge in [-0.2, -0.15) is 0 Å². The first kappa shape index (κ1) is 16.3. The third-order valence-electron chi connectivity index (χ3n) is 2.57. The van der Waals surface area contributed by atoms with Crippen molar-refractivity contribution in [2.24, 2.45) is 5.73 Å². The van der Waals surface area contributed by atoms with Crippen molar-refractivity contribution in [1.82, 2.24) is 0 Å². The fraction of sp³-hybridized carbons (Fsp3) is 0.900. The Bertz CT molecular complexity index is 221. The highest BCUT2D eigenvalue weighted by atomic mass is 16.6. The molecule has 4 unspecified atom stereocenters. The number of hydrogen-bond donors (Lipinski definition) is 2. The van der Waals surface area contributed by atoms with Gasteiger partial charge < -0.3 is 29.8 Å². The summed E-state index contributed by atoms with van der Waals surface area (Å²) in [5, 5.41) is 9.01. The van der Waals surface area contributed by atoms with Crippen LogP contribution in [0.25, 0.3) is 0 Å². The first-order valence-corrected chi connectivity index (χ1v) is 5.11. The van der Waals surface area contributed by atoms with Crippen molar-refractivity contribution in [3.8, 4) is 0 Å². The number of carboxylic acids is 1. The number of methoxy groups -OCH3 is 4. The molecule has 0 aromatic carbocycles. The summed E-state index contributed by atoms with van der Waals surface area (Å²) < 4.78 is 20.4. The summed E-state index contributed by atoms with van der Waals surface area (Å²) in [6.45, 7) is 0.185. The van der Waals surface area contributed by atoms with E-state index < -0.39 is 30.4 Å². The Morgan fingerprint density at radius 1 is 1.06 bits per heavy atom. The van der Waals surface area contributed by atoms with Crippen molar-refractivity contribution < 1.29 is 28.8 Å². The lowest BCUT2D eigenvalue weighted by Crippen LogP contribution is -2.52. The van der Waals surface area contributed by atoms with E-state index in [9.17, 15) is 4.79 Å². The van der Waals surface area contributed by atoms with Crippen LogP contribution in [0.3, 0.4) is 0 Å². The van der Waals surface area contributed by atoms with Gasteiger partial charge in [-0.25, -0.2) is 4.79 Å². The molecule has 0 saturated carbocycles. The van der Waals surface area contributed by atoms with Crippen molar-refractivity contribution in [3.05, 3.63) is 0 Å². The lowest BCUT2D eigenvalue weighted by atomic mass is 10.0. The van der Waals surface area contributed by atoms with E-state index in [0.29, 0.717) is 0 Å². The quantitative estimate of drug-likeness (QED) is 0.547. The molecule has 0 aliphatic heterocycles. The zero-order valence-corrected chi connectivity index (χ0v) is 10.6. The second-order valence-corrected chi connectivity index (χ2v) is 3.41. The lowest BCUT2D eigenvalue weighted by Gasteiger charge is -2.32. The Morgan fingerprint density at radius 2 is 1.59 bits per heavy atom. The molecule has 0 radical (unpaired) electrons. The third kappa shape index (κ3) is 4.21. The first-order valence-electron chi connectivity index (χ1n) is 5.11. The number of hydrogen-bond acceptors (Lipinski definition) is 6. The van der Waals surface area contributed by atoms with Crippen molar-refractivity contribution >= 4 is 5.97 Å². The molecule has 0 aliphatic carbocycles. The first-order chi connectivity index (χ1) is 8.06. The van der Waals surface area contributed by atoms with Gasteiger partial charge in [0.15, 0.2) is 6.10 Å². The van der Waals surface area contributed by atoms with Crippen LogP contribution < -0.4 is 5.73 Å². The Morgan fingerprint density at radius 3 is 1.82 bits per heavy atom. The van der Waals surface area contributed by atoms with E-state index in [-0.39, 0.29) is 6.54 Å². The van der Waals surface area contributed by atoms with E-state index in [0.717, 1.165) is 0 Å². The van der Waals surface area contributed by atoms with Gasteiger partial charge in [-0.15, -0.1) is 0 Å². The SMILES string of the molecule is COC(CN)C(OC)C(OC)C(OC)C(=O)O. The average molecular weight is 251 g/mol. The molecule has 0 fully saturated rings. The van der Waals surface area contributed by atoms with E-state index in [1.54, 1.807) is 0 Å². The maximum absolute atomic E-state index is 11.0. The fourth-order valence-corrected chi connectivity index (χ4v) is 1.67. The summed E-state index contributed by atoms with van der Waals surface area (Å²) in [6, 6.07) is 0. The van der Waals surface area contributed by atoms with E-state index in [2.05, 4.69) is 0 Å². The van der Waals surface area contributed by atoms with Crippen molar-refractivity contribution in [3.63, 3.8) is 0 Å². The van der Waals surface area contributed by atoms with Crippen molar-refractivity contribution in [2.45, 2.75) is 24.4 Å². The number of aliphatic carboxylic acids is 1. The smallest absolute Gasteiger partial charge is 0.335 e. The molecule has 0 amide bonds. The molecule has 0 rings (SSSR count). The molecule has 0 heterocycles. The van der Waals surface area contributed by atoms with Crippen molar-refractivity contribution in [2.75, 3.05) is 35.0 Å². The second-order valence-electron chi connectivity index (χ2n) is 3.41. The molecule has 102 valence electrons. The number of ether oxygens (including phenoxy) is 4. The van der Waals surface area contributed by atoms with Gasteiger partial charge in [-0.1, -0.05) is 0 Å². The van der Waals surface area contributed by atoms with Crippen LogP contribution in [0.1, 0.15) is 0 Å². The number of nitrogens with two attached hydrogens (primary N) is 1. The molecule has 0 bridgehead atoms. The minimum absolute atomic E-state index is 0.185. The molecule has 7 heteroatoms. The number of rotatable bonds is 9. The van der Waals surface area contributed by atoms with Gasteiger partial charge in [0.2, 0.25) is 0 Å². The molecule has 7 nitrogen and oxygen atoms in total. The normalized spacial score (nSPS) is 18.4. The van der Waals surface area contributed by atoms with Gasteiger partial charge in [0.1, 0.15) is 12.2 Å². The molecule has 0 saturated heterocycles. The molecule has 0 aromatic heterocycles. The Hall–Kier alpha value is -0.730. The maximum Gasteiger partial charge on any atom is 0.335 e. The largest absolute Gasteiger partial charge is 0.479 e. The van der Waals surface area contributed by atoms with E-state index in [1.807, 2.05) is 0 Å². The number of carboxylic acid groups (broad SMARTS) is 1. The summed E-state index contributed by atoms with van der Waals surface area (Å²) >= 11 is 0. The second kappa shape index (κ2) is 8.37. The van der Waals surface area contributed by atoms with Gasteiger partial charge in [0, 0.05) is 35.0 Å². The monoisotopic (exact) mass is 251 g/mol. The van der Waals surface area contributed by atoms with Crippen LogP contribution in [0.5, 0.6) is 0 Å². The van der Waals surface area contributed by atoms with Crippen LogP contribution in [0.15, 0.2) is 0 Å². The van der Waals surface area contributed by atoms with Gasteiger partial charge in [0.05, 0.1) is 6.10 Å². The molecule has 0 aromatic rings. The minimum Gasteiger partial charge on any atom is -0.479 e. The van der Waals surface area contributed by atoms with Crippen LogP contribution in [-0.4, -0.2) is 70.5 Å². The molecule has 3 N–H and O–H groups in total. The standard InChI is InChI=1S/C10H21NO6/c1-14-6(5-11)7(15-2)8(16-3)9(17-4)10(12)13/h6-9H,5,11H2,1-4H3,(H,12,13). The predicted octanol–water partition coefficient (Wildman–Crippen LogP) is -0.910. The fourth-order valence-electron chi connectivity index (χ4n) is 1.67. The molecule has 0 spiro atoms. The summed E-state index contributed by atoms with van der Waals surface area (Å²) in [7, 11) is 5.59. The van der Waals surface area contributed by atoms with E-state index in [1.165, 1.54) is 28.4 Å². The Kier molecular flexibility index (Phi) is 8.01. The van der Waals surface area contributed by atoms with Crippen LogP contribution in [0.2, 0.25) is 0 Å². The van der Waals surface area contributed by atoms with Gasteiger partial charge in [-0.05, 0) is 0 Å². The molecular formula is C10H21NO6. The number of carbonyl (C=O) groups is 1. The summed E-state index contributed by atoms with van der Waals surface area (Å²) in [5.41, 5.74) is 5.52. The summed E-state index contributed by atoms with van der Waals surface area (Å²) in [4.78, 5) is 11.0. The zero-order valence-electron chi connectivity index (χ0n) is 10.6. The summed E-state index contributed by atoms with van der Waals surface area (Å²) in [6.07, 6.45) is -3.05. The molecule has 4 atom stereocenters. The Balaban J connectivity index is 4.95. The van der Waals surface area contributed by atoms with E-state index in [4.69, 9.17) is 29.8 Å². The van der Waals surface area contributed by atoms with Crippen molar-refractivity contribution in [1.29, 1.82) is 0 Å². The van der Waals surface area contributed by atoms with Crippen LogP contribution in [-0.2, 0) is 23.7 Å². The van der Waals surface area contributed by atoms with Gasteiger partial charge in [0.25, 0.3) is 0 Å². The highest BCUT2D eigenvalue weighted by Gasteiger charge is 2.39. The highest BCUT2D eigenvalue weighted by molar-refractivity contribution is 5.73. The third-order valence-corrected chi connectivity index (χ3v) is 2.57. The Labute approximate surface area is 101 Å². The molecule has 0 aliphatic rings. The summed E-state index contributed by atoms with van der Waals surface area (Å²) in [5.74, 6) is -1.13. The van der Waals surface area contributed by atoms with Crippen LogP contribution in [0.4, 0.5) is 0 Å². The van der Waals surface area contributed by atoms with Gasteiger partial charge >= 0.3 is 5.97 Å². The van der Waals surface area contributed by atoms with Crippen LogP contribution in [0, 0.1) is 0 Å². The highest BCUT2D eigenvalue weighted by Crippen LogP contribution is 2.15. The van der Waals surface area contributed by atoms with Gasteiger partial charge in [-0.3, -0.25) is 0 Å². The van der Waals surface area contributed by atoms with E-state index >= 15 is 0 Å². The van der Waals surface area contributed by atoms with Crippen LogP contribution >= 0.6 is 0 Å². The molecule has 17 heavy (non-hydrogen) atoms. The minimum atomic E-state index is -1.14.